The van der Waals surface area contributed by atoms with E-state index in [-0.39, 0.29) is 22.3 Å². The molecule has 1 fully saturated rings. The Morgan fingerprint density at radius 1 is 0.957 bits per heavy atom. The van der Waals surface area contributed by atoms with Crippen LogP contribution in [0.4, 0.5) is 0 Å². The first-order valence-corrected chi connectivity index (χ1v) is 17.3. The zero-order valence-corrected chi connectivity index (χ0v) is 28.3. The topological polar surface area (TPSA) is 127 Å². The molecule has 0 radical (unpaired) electrons. The predicted octanol–water partition coefficient (Wildman–Crippen LogP) is 5.24. The maximum Gasteiger partial charge on any atom is 0.265 e. The van der Waals surface area contributed by atoms with Crippen molar-refractivity contribution in [3.63, 3.8) is 0 Å². The number of likely N-dealkylation sites (N-methyl/N-ethyl adjacent to an activating group) is 1. The molecule has 1 aliphatic rings. The number of hydrogen-bond donors (Lipinski definition) is 2. The third-order valence-electron chi connectivity index (χ3n) is 8.96. The van der Waals surface area contributed by atoms with E-state index in [1.165, 1.54) is 32.1 Å². The minimum absolute atomic E-state index is 0.0295. The lowest BCUT2D eigenvalue weighted by atomic mass is 10.0. The molecule has 1 aliphatic carbocycles. The third-order valence-corrected chi connectivity index (χ3v) is 10.5. The average molecular weight is 659 g/mol. The first-order chi connectivity index (χ1) is 22.4. The Labute approximate surface area is 276 Å². The Bertz CT molecular complexity index is 1920. The number of carbonyl (C=O) groups is 3. The maximum absolute atomic E-state index is 13.2. The molecule has 47 heavy (non-hydrogen) atoms. The van der Waals surface area contributed by atoms with Crippen molar-refractivity contribution in [3.05, 3.63) is 94.7 Å². The van der Waals surface area contributed by atoms with E-state index in [0.717, 1.165) is 34.9 Å². The van der Waals surface area contributed by atoms with Crippen molar-refractivity contribution >= 4 is 38.6 Å². The SMILES string of the molecule is COc1cc(C(=O)NS(=O)(=O)c2ccccc2C)ccc1Cc1cn(C(C)C(=O)N(C)C)c2ccc(C(=O)NCC3CCCC3)cc12. The summed E-state index contributed by atoms with van der Waals surface area (Å²) < 4.78 is 35.6. The minimum Gasteiger partial charge on any atom is -0.496 e. The summed E-state index contributed by atoms with van der Waals surface area (Å²) in [5, 5.41) is 3.92. The number of fused-ring (bicyclic) bond motifs is 1. The summed E-state index contributed by atoms with van der Waals surface area (Å²) in [6, 6.07) is 16.3. The van der Waals surface area contributed by atoms with Crippen LogP contribution in [0.3, 0.4) is 0 Å². The Balaban J connectivity index is 1.45. The first-order valence-electron chi connectivity index (χ1n) is 15.8. The Morgan fingerprint density at radius 3 is 2.32 bits per heavy atom. The monoisotopic (exact) mass is 658 g/mol. The molecule has 0 aliphatic heterocycles. The summed E-state index contributed by atoms with van der Waals surface area (Å²) in [6.45, 7) is 4.16. The van der Waals surface area contributed by atoms with Gasteiger partial charge in [0, 0.05) is 55.3 Å². The highest BCUT2D eigenvalue weighted by atomic mass is 32.2. The molecule has 0 saturated heterocycles. The summed E-state index contributed by atoms with van der Waals surface area (Å²) in [5.74, 6) is -0.0741. The van der Waals surface area contributed by atoms with Gasteiger partial charge in [0.25, 0.3) is 21.8 Å². The van der Waals surface area contributed by atoms with E-state index in [9.17, 15) is 22.8 Å². The summed E-state index contributed by atoms with van der Waals surface area (Å²) in [6.07, 6.45) is 6.96. The highest BCUT2D eigenvalue weighted by molar-refractivity contribution is 7.90. The van der Waals surface area contributed by atoms with Gasteiger partial charge in [-0.3, -0.25) is 14.4 Å². The normalized spacial score (nSPS) is 14.1. The third kappa shape index (κ3) is 7.35. The van der Waals surface area contributed by atoms with E-state index in [4.69, 9.17) is 4.74 Å². The van der Waals surface area contributed by atoms with Crippen molar-refractivity contribution in [2.45, 2.75) is 56.9 Å². The van der Waals surface area contributed by atoms with Gasteiger partial charge < -0.3 is 19.5 Å². The van der Waals surface area contributed by atoms with Crippen LogP contribution in [0.15, 0.2) is 71.8 Å². The van der Waals surface area contributed by atoms with Gasteiger partial charge in [-0.05, 0) is 85.7 Å². The number of benzene rings is 3. The van der Waals surface area contributed by atoms with E-state index in [1.807, 2.05) is 29.8 Å². The van der Waals surface area contributed by atoms with Crippen LogP contribution in [-0.2, 0) is 21.2 Å². The summed E-state index contributed by atoms with van der Waals surface area (Å²) >= 11 is 0. The van der Waals surface area contributed by atoms with Gasteiger partial charge in [0.2, 0.25) is 5.91 Å². The van der Waals surface area contributed by atoms with Gasteiger partial charge in [-0.2, -0.15) is 0 Å². The zero-order valence-electron chi connectivity index (χ0n) is 27.5. The van der Waals surface area contributed by atoms with Gasteiger partial charge in [0.1, 0.15) is 11.8 Å². The second-order valence-corrected chi connectivity index (χ2v) is 14.1. The van der Waals surface area contributed by atoms with Gasteiger partial charge in [0.05, 0.1) is 12.0 Å². The predicted molar refractivity (Wildman–Crippen MR) is 181 cm³/mol. The smallest absolute Gasteiger partial charge is 0.265 e. The van der Waals surface area contributed by atoms with Crippen LogP contribution in [0.5, 0.6) is 5.75 Å². The highest BCUT2D eigenvalue weighted by Gasteiger charge is 2.24. The summed E-state index contributed by atoms with van der Waals surface area (Å²) in [5.41, 5.74) is 3.60. The second-order valence-electron chi connectivity index (χ2n) is 12.5. The zero-order chi connectivity index (χ0) is 33.9. The molecule has 0 spiro atoms. The standard InChI is InChI=1S/C36H42N4O6S/c1-23-10-6-9-13-33(23)47(44,45)38-35(42)28-15-14-26(32(20-28)46-5)18-29-22-40(24(2)36(43)39(3)4)31-17-16-27(19-30(29)31)34(41)37-21-25-11-7-8-12-25/h6,9-10,13-17,19-20,22,24-25H,7-8,11-12,18,21H2,1-5H3,(H,37,41)(H,38,42). The van der Waals surface area contributed by atoms with E-state index in [2.05, 4.69) is 10.0 Å². The quantitative estimate of drug-likeness (QED) is 0.227. The number of aromatic nitrogens is 1. The van der Waals surface area contributed by atoms with E-state index in [1.54, 1.807) is 62.3 Å². The van der Waals surface area contributed by atoms with Crippen LogP contribution in [0.2, 0.25) is 0 Å². The van der Waals surface area contributed by atoms with E-state index < -0.39 is 22.0 Å². The van der Waals surface area contributed by atoms with Crippen molar-refractivity contribution in [1.29, 1.82) is 0 Å². The van der Waals surface area contributed by atoms with Crippen LogP contribution in [-0.4, -0.2) is 63.4 Å². The van der Waals surface area contributed by atoms with Crippen LogP contribution in [0, 0.1) is 12.8 Å². The summed E-state index contributed by atoms with van der Waals surface area (Å²) in [4.78, 5) is 40.8. The van der Waals surface area contributed by atoms with Gasteiger partial charge in [-0.15, -0.1) is 0 Å². The lowest BCUT2D eigenvalue weighted by molar-refractivity contribution is -0.131. The van der Waals surface area contributed by atoms with Crippen molar-refractivity contribution in [2.75, 3.05) is 27.7 Å². The van der Waals surface area contributed by atoms with E-state index in [0.29, 0.717) is 35.8 Å². The molecule has 1 saturated carbocycles. The highest BCUT2D eigenvalue weighted by Crippen LogP contribution is 2.32. The van der Waals surface area contributed by atoms with Crippen LogP contribution >= 0.6 is 0 Å². The minimum atomic E-state index is -4.09. The molecule has 10 nitrogen and oxygen atoms in total. The number of sulfonamides is 1. The lowest BCUT2D eigenvalue weighted by Crippen LogP contribution is -2.31. The summed E-state index contributed by atoms with van der Waals surface area (Å²) in [7, 11) is 0.828. The number of rotatable bonds is 11. The molecule has 3 amide bonds. The molecular weight excluding hydrogens is 616 g/mol. The van der Waals surface area contributed by atoms with Crippen LogP contribution in [0.1, 0.15) is 76.1 Å². The fourth-order valence-electron chi connectivity index (χ4n) is 6.31. The average Bonchev–Trinajstić information content (AvgIpc) is 3.71. The molecule has 248 valence electrons. The molecule has 1 heterocycles. The van der Waals surface area contributed by atoms with Crippen molar-refractivity contribution < 1.29 is 27.5 Å². The van der Waals surface area contributed by atoms with Gasteiger partial charge in [0.15, 0.2) is 0 Å². The molecule has 1 aromatic heterocycles. The molecule has 4 aromatic rings. The first kappa shape index (κ1) is 33.7. The van der Waals surface area contributed by atoms with Crippen molar-refractivity contribution in [1.82, 2.24) is 19.5 Å². The number of ether oxygens (including phenoxy) is 1. The van der Waals surface area contributed by atoms with Crippen molar-refractivity contribution in [3.8, 4) is 5.75 Å². The fourth-order valence-corrected chi connectivity index (χ4v) is 7.53. The Kier molecular flexibility index (Phi) is 10.0. The molecule has 11 heteroatoms. The number of hydrogen-bond acceptors (Lipinski definition) is 6. The fraction of sp³-hybridized carbons (Fsp3) is 0.361. The Hall–Kier alpha value is -4.64. The molecule has 5 rings (SSSR count). The molecule has 1 unspecified atom stereocenters. The molecule has 3 aromatic carbocycles. The number of nitrogens with zero attached hydrogens (tertiary/aromatic N) is 2. The van der Waals surface area contributed by atoms with Crippen molar-refractivity contribution in [2.24, 2.45) is 5.92 Å². The van der Waals surface area contributed by atoms with Gasteiger partial charge in [-0.25, -0.2) is 13.1 Å². The molecular formula is C36H42N4O6S. The van der Waals surface area contributed by atoms with Gasteiger partial charge in [-0.1, -0.05) is 37.1 Å². The number of aryl methyl sites for hydroxylation is 1. The lowest BCUT2D eigenvalue weighted by Gasteiger charge is -2.19. The van der Waals surface area contributed by atoms with E-state index >= 15 is 0 Å². The number of nitrogens with one attached hydrogen (secondary N) is 2. The molecule has 2 N–H and O–H groups in total. The van der Waals surface area contributed by atoms with Gasteiger partial charge >= 0.3 is 0 Å². The van der Waals surface area contributed by atoms with Crippen LogP contribution in [0.25, 0.3) is 10.9 Å². The maximum atomic E-state index is 13.2. The molecule has 1 atom stereocenters. The van der Waals surface area contributed by atoms with Crippen LogP contribution < -0.4 is 14.8 Å². The number of carbonyl (C=O) groups excluding carboxylic acids is 3. The molecule has 0 bridgehead atoms. The number of amides is 3. The largest absolute Gasteiger partial charge is 0.496 e. The Morgan fingerprint density at radius 2 is 1.64 bits per heavy atom. The second kappa shape index (κ2) is 14.0. The number of methoxy groups -OCH3 is 1.